The molecular formula is C17H15F4N3O4S. The van der Waals surface area contributed by atoms with Crippen LogP contribution < -0.4 is 5.56 Å². The summed E-state index contributed by atoms with van der Waals surface area (Å²) in [5.74, 6) is -1.51. The summed E-state index contributed by atoms with van der Waals surface area (Å²) in [6.07, 6.45) is -4.75. The molecule has 2 aromatic rings. The van der Waals surface area contributed by atoms with Gasteiger partial charge in [0.2, 0.25) is 10.0 Å². The van der Waals surface area contributed by atoms with Gasteiger partial charge in [0, 0.05) is 26.2 Å². The quantitative estimate of drug-likeness (QED) is 0.746. The number of hydrogen-bond acceptors (Lipinski definition) is 4. The molecule has 1 aliphatic heterocycles. The molecule has 0 bridgehead atoms. The van der Waals surface area contributed by atoms with E-state index in [9.17, 15) is 35.6 Å². The van der Waals surface area contributed by atoms with Gasteiger partial charge >= 0.3 is 6.18 Å². The van der Waals surface area contributed by atoms with Crippen LogP contribution in [0.25, 0.3) is 0 Å². The number of halogens is 4. The number of alkyl halides is 3. The molecule has 1 aromatic heterocycles. The average molecular weight is 433 g/mol. The van der Waals surface area contributed by atoms with Gasteiger partial charge in [0.15, 0.2) is 0 Å². The number of benzene rings is 1. The van der Waals surface area contributed by atoms with E-state index in [0.717, 1.165) is 22.5 Å². The maximum Gasteiger partial charge on any atom is 0.431 e. The summed E-state index contributed by atoms with van der Waals surface area (Å²) in [5.41, 5.74) is -2.93. The number of piperazine rings is 1. The van der Waals surface area contributed by atoms with Crippen molar-refractivity contribution in [1.82, 2.24) is 14.2 Å². The van der Waals surface area contributed by atoms with Gasteiger partial charge in [0.05, 0.1) is 4.90 Å². The Morgan fingerprint density at radius 2 is 1.69 bits per heavy atom. The molecule has 0 aliphatic carbocycles. The zero-order chi connectivity index (χ0) is 21.4. The molecule has 3 rings (SSSR count). The topological polar surface area (TPSA) is 90.6 Å². The van der Waals surface area contributed by atoms with E-state index in [0.29, 0.717) is 6.07 Å². The summed E-state index contributed by atoms with van der Waals surface area (Å²) < 4.78 is 77.4. The molecule has 0 radical (unpaired) electrons. The molecule has 0 saturated carbocycles. The molecule has 1 amide bonds. The van der Waals surface area contributed by atoms with E-state index < -0.39 is 44.7 Å². The lowest BCUT2D eigenvalue weighted by atomic mass is 10.2. The third-order valence-electron chi connectivity index (χ3n) is 4.41. The molecule has 1 saturated heterocycles. The van der Waals surface area contributed by atoms with Gasteiger partial charge in [0.25, 0.3) is 11.5 Å². The Labute approximate surface area is 162 Å². The van der Waals surface area contributed by atoms with E-state index in [1.165, 1.54) is 17.0 Å². The first-order valence-electron chi connectivity index (χ1n) is 8.35. The first-order valence-corrected chi connectivity index (χ1v) is 9.79. The van der Waals surface area contributed by atoms with Crippen molar-refractivity contribution < 1.29 is 30.8 Å². The van der Waals surface area contributed by atoms with Crippen LogP contribution in [0.4, 0.5) is 17.6 Å². The number of nitrogens with one attached hydrogen (secondary N) is 1. The lowest BCUT2D eigenvalue weighted by Crippen LogP contribution is -2.51. The smallest absolute Gasteiger partial charge is 0.336 e. The third-order valence-corrected chi connectivity index (χ3v) is 6.30. The van der Waals surface area contributed by atoms with Gasteiger partial charge in [-0.15, -0.1) is 0 Å². The predicted molar refractivity (Wildman–Crippen MR) is 93.1 cm³/mol. The van der Waals surface area contributed by atoms with Gasteiger partial charge in [-0.05, 0) is 30.3 Å². The van der Waals surface area contributed by atoms with E-state index in [-0.39, 0.29) is 31.1 Å². The highest BCUT2D eigenvalue weighted by Crippen LogP contribution is 2.26. The molecule has 29 heavy (non-hydrogen) atoms. The number of carbonyl (C=O) groups excluding carboxylic acids is 1. The van der Waals surface area contributed by atoms with Crippen LogP contribution in [0.15, 0.2) is 46.1 Å². The molecule has 156 valence electrons. The van der Waals surface area contributed by atoms with Gasteiger partial charge in [-0.3, -0.25) is 9.59 Å². The fourth-order valence-electron chi connectivity index (χ4n) is 2.89. The molecule has 1 N–H and O–H groups in total. The van der Waals surface area contributed by atoms with Crippen LogP contribution in [0.3, 0.4) is 0 Å². The van der Waals surface area contributed by atoms with Gasteiger partial charge in [0.1, 0.15) is 17.1 Å². The average Bonchev–Trinajstić information content (AvgIpc) is 2.67. The lowest BCUT2D eigenvalue weighted by molar-refractivity contribution is -0.141. The van der Waals surface area contributed by atoms with E-state index >= 15 is 0 Å². The number of hydrogen-bond donors (Lipinski definition) is 1. The molecule has 1 aliphatic rings. The summed E-state index contributed by atoms with van der Waals surface area (Å²) in [6, 6.07) is 5.89. The van der Waals surface area contributed by atoms with E-state index in [1.807, 2.05) is 0 Å². The highest BCUT2D eigenvalue weighted by molar-refractivity contribution is 7.89. The van der Waals surface area contributed by atoms with Crippen molar-refractivity contribution in [2.45, 2.75) is 11.1 Å². The molecule has 7 nitrogen and oxygen atoms in total. The number of carbonyl (C=O) groups is 1. The minimum Gasteiger partial charge on any atom is -0.336 e. The van der Waals surface area contributed by atoms with Crippen LogP contribution in [0.5, 0.6) is 0 Å². The van der Waals surface area contributed by atoms with Crippen LogP contribution in [0, 0.1) is 5.82 Å². The van der Waals surface area contributed by atoms with Crippen molar-refractivity contribution in [3.8, 4) is 0 Å². The van der Waals surface area contributed by atoms with Crippen molar-refractivity contribution in [2.75, 3.05) is 26.2 Å². The fourth-order valence-corrected chi connectivity index (χ4v) is 4.34. The number of nitrogens with zero attached hydrogens (tertiary/aromatic N) is 2. The summed E-state index contributed by atoms with van der Waals surface area (Å²) in [4.78, 5) is 26.9. The number of amides is 1. The van der Waals surface area contributed by atoms with E-state index in [1.54, 1.807) is 4.98 Å². The van der Waals surface area contributed by atoms with Gasteiger partial charge in [-0.2, -0.15) is 17.5 Å². The largest absolute Gasteiger partial charge is 0.431 e. The number of pyridine rings is 1. The normalized spacial score (nSPS) is 16.1. The van der Waals surface area contributed by atoms with Crippen LogP contribution in [-0.2, 0) is 16.2 Å². The fraction of sp³-hybridized carbons (Fsp3) is 0.294. The first kappa shape index (κ1) is 21.0. The Hall–Kier alpha value is -2.73. The number of rotatable bonds is 3. The molecule has 2 heterocycles. The molecule has 0 atom stereocenters. The maximum atomic E-state index is 13.3. The highest BCUT2D eigenvalue weighted by atomic mass is 32.2. The van der Waals surface area contributed by atoms with Gasteiger partial charge in [-0.1, -0.05) is 6.07 Å². The van der Waals surface area contributed by atoms with E-state index in [2.05, 4.69) is 0 Å². The molecule has 0 spiro atoms. The SMILES string of the molecule is O=C(c1ccc(C(F)(F)F)[nH]c1=O)N1CCN(S(=O)(=O)c2cccc(F)c2)CC1. The second kappa shape index (κ2) is 7.59. The van der Waals surface area contributed by atoms with Gasteiger partial charge < -0.3 is 9.88 Å². The van der Waals surface area contributed by atoms with Crippen molar-refractivity contribution >= 4 is 15.9 Å². The Kier molecular flexibility index (Phi) is 5.50. The standard InChI is InChI=1S/C17H15F4N3O4S/c18-11-2-1-3-12(10-11)29(27,28)24-8-6-23(7-9-24)16(26)13-4-5-14(17(19,20)21)22-15(13)25/h1-5,10H,6-9H2,(H,22,25). The van der Waals surface area contributed by atoms with Gasteiger partial charge in [-0.25, -0.2) is 12.8 Å². The summed E-state index contributed by atoms with van der Waals surface area (Å²) in [7, 11) is -3.97. The maximum absolute atomic E-state index is 13.3. The summed E-state index contributed by atoms with van der Waals surface area (Å²) >= 11 is 0. The first-order chi connectivity index (χ1) is 13.5. The second-order valence-electron chi connectivity index (χ2n) is 6.27. The number of aromatic nitrogens is 1. The van der Waals surface area contributed by atoms with Crippen LogP contribution in [0.1, 0.15) is 16.1 Å². The number of H-pyrrole nitrogens is 1. The summed E-state index contributed by atoms with van der Waals surface area (Å²) in [6.45, 7) is -0.367. The van der Waals surface area contributed by atoms with Crippen molar-refractivity contribution in [2.24, 2.45) is 0 Å². The lowest BCUT2D eigenvalue weighted by Gasteiger charge is -2.33. The van der Waals surface area contributed by atoms with Crippen molar-refractivity contribution in [1.29, 1.82) is 0 Å². The Bertz CT molecular complexity index is 1090. The monoisotopic (exact) mass is 433 g/mol. The predicted octanol–water partition coefficient (Wildman–Crippen LogP) is 1.68. The Balaban J connectivity index is 1.72. The van der Waals surface area contributed by atoms with Crippen LogP contribution >= 0.6 is 0 Å². The molecular weight excluding hydrogens is 418 g/mol. The van der Waals surface area contributed by atoms with E-state index in [4.69, 9.17) is 0 Å². The second-order valence-corrected chi connectivity index (χ2v) is 8.20. The zero-order valence-corrected chi connectivity index (χ0v) is 15.6. The molecule has 1 fully saturated rings. The number of aromatic amines is 1. The van der Waals surface area contributed by atoms with Crippen molar-refractivity contribution in [3.63, 3.8) is 0 Å². The van der Waals surface area contributed by atoms with Crippen molar-refractivity contribution in [3.05, 3.63) is 63.8 Å². The molecule has 1 aromatic carbocycles. The number of sulfonamides is 1. The Morgan fingerprint density at radius 1 is 1.03 bits per heavy atom. The molecule has 12 heteroatoms. The van der Waals surface area contributed by atoms with Crippen LogP contribution in [-0.4, -0.2) is 54.7 Å². The molecule has 0 unspecified atom stereocenters. The minimum absolute atomic E-state index is 0.0756. The van der Waals surface area contributed by atoms with Crippen LogP contribution in [0.2, 0.25) is 0 Å². The summed E-state index contributed by atoms with van der Waals surface area (Å²) in [5, 5.41) is 0. The zero-order valence-electron chi connectivity index (χ0n) is 14.7. The Morgan fingerprint density at radius 3 is 2.24 bits per heavy atom. The third kappa shape index (κ3) is 4.32. The minimum atomic E-state index is -4.75. The highest BCUT2D eigenvalue weighted by Gasteiger charge is 2.34.